The summed E-state index contributed by atoms with van der Waals surface area (Å²) in [6, 6.07) is 5.06. The standard InChI is InChI=1S/C13H21ClO4Si2/c1-19(2,3)17-11-7-10(13(15)16-14)8-12(9-11)18-20(4,5)6/h7-9H,1-6H3. The summed E-state index contributed by atoms with van der Waals surface area (Å²) in [5.41, 5.74) is 0.323. The second-order valence-electron chi connectivity index (χ2n) is 6.49. The molecule has 0 N–H and O–H groups in total. The molecule has 1 rings (SSSR count). The Labute approximate surface area is 127 Å². The van der Waals surface area contributed by atoms with E-state index in [4.69, 9.17) is 20.7 Å². The SMILES string of the molecule is C[Si](C)(C)Oc1cc(O[Si](C)(C)C)cc(C(=O)OCl)c1. The fourth-order valence-corrected chi connectivity index (χ4v) is 3.30. The zero-order valence-electron chi connectivity index (χ0n) is 12.7. The third kappa shape index (κ3) is 5.98. The van der Waals surface area contributed by atoms with E-state index < -0.39 is 22.6 Å². The van der Waals surface area contributed by atoms with Crippen molar-refractivity contribution in [1.29, 1.82) is 0 Å². The van der Waals surface area contributed by atoms with Crippen LogP contribution in [0.4, 0.5) is 0 Å². The van der Waals surface area contributed by atoms with Gasteiger partial charge in [-0.3, -0.25) is 0 Å². The molecule has 1 aromatic carbocycles. The van der Waals surface area contributed by atoms with Gasteiger partial charge in [-0.15, -0.1) is 0 Å². The van der Waals surface area contributed by atoms with Crippen LogP contribution in [0.3, 0.4) is 0 Å². The second kappa shape index (κ2) is 6.19. The van der Waals surface area contributed by atoms with Crippen LogP contribution in [0.15, 0.2) is 18.2 Å². The molecule has 4 nitrogen and oxygen atoms in total. The highest BCUT2D eigenvalue weighted by molar-refractivity contribution is 6.70. The van der Waals surface area contributed by atoms with E-state index in [9.17, 15) is 4.79 Å². The van der Waals surface area contributed by atoms with E-state index in [1.165, 1.54) is 0 Å². The number of carbonyl (C=O) groups excluding carboxylic acids is 1. The molecule has 0 saturated heterocycles. The van der Waals surface area contributed by atoms with Crippen molar-refractivity contribution in [2.24, 2.45) is 0 Å². The van der Waals surface area contributed by atoms with Crippen LogP contribution in [0.2, 0.25) is 39.3 Å². The van der Waals surface area contributed by atoms with Crippen LogP contribution in [0.5, 0.6) is 11.5 Å². The molecule has 0 aromatic heterocycles. The Hall–Kier alpha value is -0.986. The van der Waals surface area contributed by atoms with Crippen LogP contribution < -0.4 is 8.85 Å². The summed E-state index contributed by atoms with van der Waals surface area (Å²) in [5, 5.41) is 0. The van der Waals surface area contributed by atoms with Gasteiger partial charge in [-0.25, -0.2) is 4.79 Å². The average molecular weight is 333 g/mol. The third-order valence-electron chi connectivity index (χ3n) is 2.03. The summed E-state index contributed by atoms with van der Waals surface area (Å²) in [6.07, 6.45) is 0. The average Bonchev–Trinajstić information content (AvgIpc) is 2.22. The van der Waals surface area contributed by atoms with Gasteiger partial charge in [0.15, 0.2) is 0 Å². The van der Waals surface area contributed by atoms with Crippen molar-refractivity contribution in [3.05, 3.63) is 23.8 Å². The minimum absolute atomic E-state index is 0.323. The first kappa shape index (κ1) is 17.1. The summed E-state index contributed by atoms with van der Waals surface area (Å²) in [5.74, 6) is 0.599. The van der Waals surface area contributed by atoms with E-state index in [1.807, 2.05) is 6.07 Å². The number of halogens is 1. The Morgan fingerprint density at radius 2 is 1.30 bits per heavy atom. The quantitative estimate of drug-likeness (QED) is 0.748. The highest BCUT2D eigenvalue weighted by Crippen LogP contribution is 2.27. The third-order valence-corrected chi connectivity index (χ3v) is 3.87. The molecule has 0 unspecified atom stereocenters. The molecule has 0 aliphatic rings. The lowest BCUT2D eigenvalue weighted by atomic mass is 10.2. The van der Waals surface area contributed by atoms with E-state index in [-0.39, 0.29) is 0 Å². The number of carbonyl (C=O) groups is 1. The zero-order chi connectivity index (χ0) is 15.6. The van der Waals surface area contributed by atoms with E-state index in [2.05, 4.69) is 43.6 Å². The Morgan fingerprint density at radius 1 is 0.900 bits per heavy atom. The van der Waals surface area contributed by atoms with Gasteiger partial charge >= 0.3 is 5.97 Å². The van der Waals surface area contributed by atoms with Gasteiger partial charge in [-0.1, -0.05) is 0 Å². The number of benzene rings is 1. The molecule has 0 spiro atoms. The molecule has 0 amide bonds. The molecule has 112 valence electrons. The molecule has 0 bridgehead atoms. The highest BCUT2D eigenvalue weighted by atomic mass is 35.5. The lowest BCUT2D eigenvalue weighted by Gasteiger charge is -2.23. The molecule has 0 radical (unpaired) electrons. The molecular formula is C13H21ClO4Si2. The molecule has 0 atom stereocenters. The van der Waals surface area contributed by atoms with Crippen molar-refractivity contribution in [1.82, 2.24) is 0 Å². The fourth-order valence-electron chi connectivity index (χ4n) is 1.56. The summed E-state index contributed by atoms with van der Waals surface area (Å²) in [7, 11) is -3.55. The number of hydrogen-bond donors (Lipinski definition) is 0. The van der Waals surface area contributed by atoms with E-state index in [0.717, 1.165) is 0 Å². The molecule has 0 fully saturated rings. The number of hydrogen-bond acceptors (Lipinski definition) is 4. The Balaban J connectivity index is 3.17. The van der Waals surface area contributed by atoms with Gasteiger partial charge in [-0.2, -0.15) is 0 Å². The van der Waals surface area contributed by atoms with Crippen LogP contribution in [-0.2, 0) is 4.29 Å². The van der Waals surface area contributed by atoms with E-state index in [1.54, 1.807) is 12.1 Å². The number of rotatable bonds is 5. The fraction of sp³-hybridized carbons (Fsp3) is 0.462. The Bertz CT molecular complexity index is 458. The molecule has 20 heavy (non-hydrogen) atoms. The minimum atomic E-state index is -1.78. The van der Waals surface area contributed by atoms with Gasteiger partial charge in [0.1, 0.15) is 23.4 Å². The smallest absolute Gasteiger partial charge is 0.356 e. The van der Waals surface area contributed by atoms with Crippen molar-refractivity contribution < 1.29 is 17.9 Å². The minimum Gasteiger partial charge on any atom is -0.544 e. The van der Waals surface area contributed by atoms with Gasteiger partial charge in [0, 0.05) is 6.07 Å². The summed E-state index contributed by atoms with van der Waals surface area (Å²) in [4.78, 5) is 11.6. The van der Waals surface area contributed by atoms with Crippen molar-refractivity contribution in [3.8, 4) is 11.5 Å². The predicted octanol–water partition coefficient (Wildman–Crippen LogP) is 4.42. The van der Waals surface area contributed by atoms with Crippen molar-refractivity contribution >= 4 is 34.5 Å². The van der Waals surface area contributed by atoms with Gasteiger partial charge in [0.25, 0.3) is 0 Å². The molecule has 0 aliphatic carbocycles. The molecule has 0 saturated carbocycles. The van der Waals surface area contributed by atoms with E-state index in [0.29, 0.717) is 17.1 Å². The lowest BCUT2D eigenvalue weighted by Crippen LogP contribution is -2.30. The van der Waals surface area contributed by atoms with Gasteiger partial charge in [0.05, 0.1) is 5.56 Å². The lowest BCUT2D eigenvalue weighted by molar-refractivity contribution is 0.0750. The van der Waals surface area contributed by atoms with Crippen molar-refractivity contribution in [2.75, 3.05) is 0 Å². The van der Waals surface area contributed by atoms with Crippen LogP contribution in [0, 0.1) is 0 Å². The highest BCUT2D eigenvalue weighted by Gasteiger charge is 2.21. The van der Waals surface area contributed by atoms with Gasteiger partial charge in [0.2, 0.25) is 16.6 Å². The molecule has 0 heterocycles. The maximum absolute atomic E-state index is 11.6. The Morgan fingerprint density at radius 3 is 1.60 bits per heavy atom. The van der Waals surface area contributed by atoms with E-state index >= 15 is 0 Å². The van der Waals surface area contributed by atoms with Crippen LogP contribution in [0.1, 0.15) is 10.4 Å². The largest absolute Gasteiger partial charge is 0.544 e. The zero-order valence-corrected chi connectivity index (χ0v) is 15.5. The molecule has 7 heteroatoms. The Kier molecular flexibility index (Phi) is 5.29. The maximum atomic E-state index is 11.6. The van der Waals surface area contributed by atoms with Gasteiger partial charge < -0.3 is 13.1 Å². The van der Waals surface area contributed by atoms with Gasteiger partial charge in [-0.05, 0) is 51.4 Å². The van der Waals surface area contributed by atoms with Crippen LogP contribution in [0.25, 0.3) is 0 Å². The maximum Gasteiger partial charge on any atom is 0.356 e. The first-order valence-corrected chi connectivity index (χ1v) is 13.5. The van der Waals surface area contributed by atoms with Crippen molar-refractivity contribution in [2.45, 2.75) is 39.3 Å². The molecule has 1 aromatic rings. The topological polar surface area (TPSA) is 44.8 Å². The molecule has 0 aliphatic heterocycles. The van der Waals surface area contributed by atoms with Crippen LogP contribution in [-0.4, -0.2) is 22.6 Å². The van der Waals surface area contributed by atoms with Crippen molar-refractivity contribution in [3.63, 3.8) is 0 Å². The first-order chi connectivity index (χ1) is 9.00. The first-order valence-electron chi connectivity index (χ1n) is 6.36. The monoisotopic (exact) mass is 332 g/mol. The summed E-state index contributed by atoms with van der Waals surface area (Å²) >= 11 is 5.14. The van der Waals surface area contributed by atoms with Crippen LogP contribution >= 0.6 is 11.9 Å². The predicted molar refractivity (Wildman–Crippen MR) is 85.7 cm³/mol. The summed E-state index contributed by atoms with van der Waals surface area (Å²) in [6.45, 7) is 12.4. The summed E-state index contributed by atoms with van der Waals surface area (Å²) < 4.78 is 16.1. The second-order valence-corrected chi connectivity index (χ2v) is 15.5. The molecular weight excluding hydrogens is 312 g/mol. The normalized spacial score (nSPS) is 11.9.